The maximum absolute atomic E-state index is 10.8. The molecule has 0 saturated carbocycles. The molecule has 0 radical (unpaired) electrons. The molecule has 0 atom stereocenters. The first-order chi connectivity index (χ1) is 5.16. The van der Waals surface area contributed by atoms with Crippen LogP contribution in [0.1, 0.15) is 16.1 Å². The summed E-state index contributed by atoms with van der Waals surface area (Å²) in [5, 5.41) is 0. The molecule has 1 aromatic heterocycles. The predicted molar refractivity (Wildman–Crippen MR) is 41.5 cm³/mol. The molecule has 0 unspecified atom stereocenters. The number of Topliss-reactive ketones (excluding diaryl/α,β-unsaturated/α-hetero) is 1. The van der Waals surface area contributed by atoms with Crippen LogP contribution in [-0.4, -0.2) is 12.1 Å². The van der Waals surface area contributed by atoms with E-state index in [2.05, 4.69) is 15.9 Å². The van der Waals surface area contributed by atoms with Crippen molar-refractivity contribution in [2.24, 2.45) is 0 Å². The molecule has 0 bridgehead atoms. The quantitative estimate of drug-likeness (QED) is 0.430. The smallest absolute Gasteiger partial charge is 0.260 e. The van der Waals surface area contributed by atoms with Crippen molar-refractivity contribution >= 4 is 28.0 Å². The summed E-state index contributed by atoms with van der Waals surface area (Å²) >= 11 is 3.15. The lowest BCUT2D eigenvalue weighted by Gasteiger charge is -1.87. The minimum absolute atomic E-state index is 0.104. The normalized spacial score (nSPS) is 9.64. The van der Waals surface area contributed by atoms with Gasteiger partial charge in [-0.1, -0.05) is 0 Å². The fourth-order valence-electron chi connectivity index (χ4n) is 0.692. The molecule has 0 aliphatic carbocycles. The maximum Gasteiger partial charge on any atom is 0.260 e. The second kappa shape index (κ2) is 3.00. The van der Waals surface area contributed by atoms with Crippen molar-refractivity contribution in [2.45, 2.75) is 6.92 Å². The van der Waals surface area contributed by atoms with E-state index in [9.17, 15) is 9.59 Å². The fourth-order valence-corrected chi connectivity index (χ4v) is 0.966. The molecule has 4 heteroatoms. The van der Waals surface area contributed by atoms with Crippen LogP contribution in [0.5, 0.6) is 0 Å². The molecular weight excluding hydrogens is 212 g/mol. The summed E-state index contributed by atoms with van der Waals surface area (Å²) in [6.07, 6.45) is 1.62. The lowest BCUT2D eigenvalue weighted by atomic mass is 10.2. The summed E-state index contributed by atoms with van der Waals surface area (Å²) in [7, 11) is 0. The Morgan fingerprint density at radius 2 is 2.36 bits per heavy atom. The van der Waals surface area contributed by atoms with Crippen molar-refractivity contribution in [2.75, 3.05) is 0 Å². The Morgan fingerprint density at radius 3 is 2.73 bits per heavy atom. The molecule has 0 aliphatic rings. The zero-order valence-electron chi connectivity index (χ0n) is 5.76. The summed E-state index contributed by atoms with van der Waals surface area (Å²) in [5.41, 5.74) is 0.655. The third-order valence-electron chi connectivity index (χ3n) is 1.31. The fraction of sp³-hybridized carbons (Fsp3) is 0.143. The SMILES string of the molecule is Cc1c(Br)coc1C(=O)C=O. The van der Waals surface area contributed by atoms with Crippen molar-refractivity contribution in [1.29, 1.82) is 0 Å². The number of hydrogen-bond acceptors (Lipinski definition) is 3. The highest BCUT2D eigenvalue weighted by atomic mass is 79.9. The van der Waals surface area contributed by atoms with Gasteiger partial charge in [-0.05, 0) is 22.9 Å². The Balaban J connectivity index is 3.14. The van der Waals surface area contributed by atoms with Crippen LogP contribution in [0, 0.1) is 6.92 Å². The van der Waals surface area contributed by atoms with Crippen molar-refractivity contribution in [1.82, 2.24) is 0 Å². The van der Waals surface area contributed by atoms with E-state index >= 15 is 0 Å². The topological polar surface area (TPSA) is 47.3 Å². The Morgan fingerprint density at radius 1 is 1.73 bits per heavy atom. The zero-order valence-corrected chi connectivity index (χ0v) is 7.34. The van der Waals surface area contributed by atoms with Crippen LogP contribution < -0.4 is 0 Å². The Hall–Kier alpha value is -0.900. The molecule has 0 amide bonds. The van der Waals surface area contributed by atoms with Gasteiger partial charge < -0.3 is 4.42 Å². The van der Waals surface area contributed by atoms with Crippen LogP contribution in [0.3, 0.4) is 0 Å². The van der Waals surface area contributed by atoms with E-state index in [-0.39, 0.29) is 12.0 Å². The van der Waals surface area contributed by atoms with Gasteiger partial charge in [-0.25, -0.2) is 0 Å². The maximum atomic E-state index is 10.8. The van der Waals surface area contributed by atoms with Gasteiger partial charge in [0.2, 0.25) is 0 Å². The molecule has 0 spiro atoms. The largest absolute Gasteiger partial charge is 0.459 e. The molecule has 11 heavy (non-hydrogen) atoms. The number of rotatable bonds is 2. The zero-order chi connectivity index (χ0) is 8.43. The summed E-state index contributed by atoms with van der Waals surface area (Å²) in [4.78, 5) is 20.8. The average Bonchev–Trinajstić information content (AvgIpc) is 2.32. The van der Waals surface area contributed by atoms with Gasteiger partial charge in [-0.3, -0.25) is 9.59 Å². The van der Waals surface area contributed by atoms with Crippen LogP contribution in [0.25, 0.3) is 0 Å². The molecule has 0 N–H and O–H groups in total. The summed E-state index contributed by atoms with van der Waals surface area (Å²) in [5.74, 6) is -0.528. The first kappa shape index (κ1) is 8.20. The van der Waals surface area contributed by atoms with E-state index in [1.165, 1.54) is 6.26 Å². The second-order valence-corrected chi connectivity index (χ2v) is 2.87. The summed E-state index contributed by atoms with van der Waals surface area (Å²) in [6, 6.07) is 0. The van der Waals surface area contributed by atoms with Crippen LogP contribution >= 0.6 is 15.9 Å². The second-order valence-electron chi connectivity index (χ2n) is 2.02. The molecule has 1 aromatic rings. The standard InChI is InChI=1S/C7H5BrO3/c1-4-5(8)3-11-7(4)6(10)2-9/h2-3H,1H3. The van der Waals surface area contributed by atoms with E-state index in [1.807, 2.05) is 0 Å². The van der Waals surface area contributed by atoms with Crippen LogP contribution in [0.15, 0.2) is 15.2 Å². The van der Waals surface area contributed by atoms with E-state index < -0.39 is 5.78 Å². The lowest BCUT2D eigenvalue weighted by Crippen LogP contribution is -1.99. The Bertz CT molecular complexity index is 301. The van der Waals surface area contributed by atoms with Gasteiger partial charge in [0.05, 0.1) is 4.47 Å². The number of hydrogen-bond donors (Lipinski definition) is 0. The molecule has 0 aliphatic heterocycles. The highest BCUT2D eigenvalue weighted by Crippen LogP contribution is 2.21. The number of aldehydes is 1. The summed E-state index contributed by atoms with van der Waals surface area (Å²) in [6.45, 7) is 1.70. The van der Waals surface area contributed by atoms with Gasteiger partial charge >= 0.3 is 0 Å². The van der Waals surface area contributed by atoms with E-state index in [4.69, 9.17) is 4.42 Å². The molecule has 0 aromatic carbocycles. The van der Waals surface area contributed by atoms with Crippen molar-refractivity contribution < 1.29 is 14.0 Å². The van der Waals surface area contributed by atoms with Gasteiger partial charge in [0, 0.05) is 5.56 Å². The van der Waals surface area contributed by atoms with Gasteiger partial charge in [-0.2, -0.15) is 0 Å². The highest BCUT2D eigenvalue weighted by molar-refractivity contribution is 9.10. The molecule has 58 valence electrons. The highest BCUT2D eigenvalue weighted by Gasteiger charge is 2.14. The van der Waals surface area contributed by atoms with Gasteiger partial charge in [-0.15, -0.1) is 0 Å². The van der Waals surface area contributed by atoms with Crippen LogP contribution in [-0.2, 0) is 4.79 Å². The molecule has 0 saturated heterocycles. The number of carbonyl (C=O) groups is 2. The van der Waals surface area contributed by atoms with Crippen molar-refractivity contribution in [3.63, 3.8) is 0 Å². The van der Waals surface area contributed by atoms with Crippen molar-refractivity contribution in [3.05, 3.63) is 22.1 Å². The van der Waals surface area contributed by atoms with Crippen LogP contribution in [0.4, 0.5) is 0 Å². The first-order valence-electron chi connectivity index (χ1n) is 2.90. The molecule has 0 fully saturated rings. The van der Waals surface area contributed by atoms with Gasteiger partial charge in [0.15, 0.2) is 12.0 Å². The number of ketones is 1. The van der Waals surface area contributed by atoms with E-state index in [1.54, 1.807) is 6.92 Å². The Kier molecular flexibility index (Phi) is 2.24. The molecule has 1 rings (SSSR count). The van der Waals surface area contributed by atoms with E-state index in [0.717, 1.165) is 0 Å². The number of carbonyl (C=O) groups excluding carboxylic acids is 2. The Labute approximate surface area is 71.5 Å². The third-order valence-corrected chi connectivity index (χ3v) is 2.09. The van der Waals surface area contributed by atoms with Crippen molar-refractivity contribution in [3.8, 4) is 0 Å². The monoisotopic (exact) mass is 216 g/mol. The van der Waals surface area contributed by atoms with Gasteiger partial charge in [0.1, 0.15) is 6.26 Å². The number of halogens is 1. The van der Waals surface area contributed by atoms with E-state index in [0.29, 0.717) is 10.0 Å². The minimum atomic E-state index is -0.631. The molecule has 3 nitrogen and oxygen atoms in total. The lowest BCUT2D eigenvalue weighted by molar-refractivity contribution is -0.104. The first-order valence-corrected chi connectivity index (χ1v) is 3.69. The molecule has 1 heterocycles. The minimum Gasteiger partial charge on any atom is -0.459 e. The predicted octanol–water partition coefficient (Wildman–Crippen LogP) is 1.73. The average molecular weight is 217 g/mol. The summed E-state index contributed by atoms with van der Waals surface area (Å²) < 4.78 is 5.52. The number of furan rings is 1. The third kappa shape index (κ3) is 1.40. The molecular formula is C7H5BrO3. The van der Waals surface area contributed by atoms with Crippen LogP contribution in [0.2, 0.25) is 0 Å². The van der Waals surface area contributed by atoms with Gasteiger partial charge in [0.25, 0.3) is 5.78 Å².